The molecule has 4 aliphatic rings. The number of carbonyl (C=O) groups excluding carboxylic acids is 3. The van der Waals surface area contributed by atoms with E-state index in [1.54, 1.807) is 0 Å². The highest BCUT2D eigenvalue weighted by molar-refractivity contribution is 6.12. The van der Waals surface area contributed by atoms with Gasteiger partial charge in [-0.1, -0.05) is 26.3 Å². The largest absolute Gasteiger partial charge is 0.500 e. The lowest BCUT2D eigenvalue weighted by Gasteiger charge is -2.56. The van der Waals surface area contributed by atoms with Gasteiger partial charge in [0.25, 0.3) is 0 Å². The fraction of sp³-hybridized carbons (Fsp3) is 0.652. The van der Waals surface area contributed by atoms with Crippen LogP contribution in [0, 0.1) is 45.3 Å². The number of hydrogen-bond donors (Lipinski definition) is 0. The van der Waals surface area contributed by atoms with Crippen LogP contribution in [0.2, 0.25) is 0 Å². The molecule has 0 spiro atoms. The molecule has 2 fully saturated rings. The van der Waals surface area contributed by atoms with E-state index in [4.69, 9.17) is 4.74 Å². The lowest BCUT2D eigenvalue weighted by Crippen LogP contribution is -2.60. The number of hydrogen-bond acceptors (Lipinski definition) is 5. The molecule has 0 unspecified atom stereocenters. The lowest BCUT2D eigenvalue weighted by molar-refractivity contribution is -0.151. The van der Waals surface area contributed by atoms with Gasteiger partial charge in [0.15, 0.2) is 11.6 Å². The number of carbonyl (C=O) groups is 3. The van der Waals surface area contributed by atoms with Crippen molar-refractivity contribution in [1.29, 1.82) is 5.26 Å². The van der Waals surface area contributed by atoms with Crippen molar-refractivity contribution in [2.45, 2.75) is 52.9 Å². The lowest BCUT2D eigenvalue weighted by atomic mass is 9.45. The Morgan fingerprint density at radius 1 is 1.25 bits per heavy atom. The van der Waals surface area contributed by atoms with E-state index in [1.807, 2.05) is 13.8 Å². The fourth-order valence-corrected chi connectivity index (χ4v) is 6.77. The smallest absolute Gasteiger partial charge is 0.173 e. The summed E-state index contributed by atoms with van der Waals surface area (Å²) in [6.45, 7) is 5.99. The highest BCUT2D eigenvalue weighted by atomic mass is 16.5. The van der Waals surface area contributed by atoms with Gasteiger partial charge in [0.1, 0.15) is 12.0 Å². The van der Waals surface area contributed by atoms with Crippen LogP contribution in [0.5, 0.6) is 0 Å². The van der Waals surface area contributed by atoms with Crippen LogP contribution in [-0.2, 0) is 19.1 Å². The summed E-state index contributed by atoms with van der Waals surface area (Å²) in [5.41, 5.74) is -0.386. The molecular weight excluding hydrogens is 354 g/mol. The SMILES string of the molecule is COC1=CC(=O)[C@@]2(C=O)[C@@H]3CC[C@@]4(C)C(=C3C(=O)C[C@H]2C1(C)C)CC[C@@H]4C#N. The quantitative estimate of drug-likeness (QED) is 0.539. The van der Waals surface area contributed by atoms with Crippen molar-refractivity contribution >= 4 is 17.9 Å². The number of ketones is 2. The van der Waals surface area contributed by atoms with E-state index < -0.39 is 22.7 Å². The molecule has 5 heteroatoms. The monoisotopic (exact) mass is 381 g/mol. The zero-order valence-corrected chi connectivity index (χ0v) is 17.0. The maximum atomic E-state index is 13.4. The van der Waals surface area contributed by atoms with Crippen LogP contribution in [0.15, 0.2) is 23.0 Å². The zero-order valence-electron chi connectivity index (χ0n) is 17.0. The minimum absolute atomic E-state index is 0.0465. The van der Waals surface area contributed by atoms with Crippen LogP contribution in [0.1, 0.15) is 52.9 Å². The first-order valence-corrected chi connectivity index (χ1v) is 10.1. The minimum Gasteiger partial charge on any atom is -0.500 e. The summed E-state index contributed by atoms with van der Waals surface area (Å²) in [6, 6.07) is 2.42. The van der Waals surface area contributed by atoms with E-state index in [1.165, 1.54) is 13.2 Å². The summed E-state index contributed by atoms with van der Waals surface area (Å²) < 4.78 is 5.47. The van der Waals surface area contributed by atoms with Crippen LogP contribution in [0.4, 0.5) is 0 Å². The summed E-state index contributed by atoms with van der Waals surface area (Å²) in [5, 5.41) is 9.59. The summed E-state index contributed by atoms with van der Waals surface area (Å²) in [7, 11) is 1.53. The number of methoxy groups -OCH3 is 1. The van der Waals surface area contributed by atoms with Crippen molar-refractivity contribution in [3.8, 4) is 6.07 Å². The third-order valence-corrected chi connectivity index (χ3v) is 8.38. The van der Waals surface area contributed by atoms with Crippen molar-refractivity contribution in [1.82, 2.24) is 0 Å². The molecule has 0 amide bonds. The Hall–Kier alpha value is -2.22. The third kappa shape index (κ3) is 2.04. The second-order valence-electron chi connectivity index (χ2n) is 9.65. The molecule has 5 nitrogen and oxygen atoms in total. The van der Waals surface area contributed by atoms with Crippen molar-refractivity contribution in [3.63, 3.8) is 0 Å². The first-order chi connectivity index (χ1) is 13.2. The van der Waals surface area contributed by atoms with E-state index in [0.29, 0.717) is 24.2 Å². The van der Waals surface area contributed by atoms with Crippen LogP contribution >= 0.6 is 0 Å². The topological polar surface area (TPSA) is 84.2 Å². The van der Waals surface area contributed by atoms with Gasteiger partial charge >= 0.3 is 0 Å². The molecule has 0 aromatic heterocycles. The molecule has 0 N–H and O–H groups in total. The Balaban J connectivity index is 1.94. The Bertz CT molecular complexity index is 889. The summed E-state index contributed by atoms with van der Waals surface area (Å²) in [4.78, 5) is 39.3. The van der Waals surface area contributed by atoms with E-state index >= 15 is 0 Å². The van der Waals surface area contributed by atoms with Gasteiger partial charge in [-0.05, 0) is 37.2 Å². The van der Waals surface area contributed by atoms with Gasteiger partial charge in [-0.15, -0.1) is 0 Å². The number of fused-ring (bicyclic) bond motifs is 4. The Morgan fingerprint density at radius 2 is 1.96 bits per heavy atom. The van der Waals surface area contributed by atoms with Crippen LogP contribution in [0.25, 0.3) is 0 Å². The van der Waals surface area contributed by atoms with Crippen LogP contribution < -0.4 is 0 Å². The number of nitriles is 1. The number of allylic oxidation sites excluding steroid dienone is 4. The standard InChI is InChI=1S/C23H27NO4/c1-21(2)17-9-16(26)20-14-6-5-13(11-24)22(14,3)8-7-15(20)23(17,12-25)18(27)10-19(21)28-4/h10,12-13,15,17H,5-9H2,1-4H3/t13-,15-,17+,22-,23+/m1/s1. The number of nitrogens with zero attached hydrogens (tertiary/aromatic N) is 1. The van der Waals surface area contributed by atoms with E-state index in [-0.39, 0.29) is 29.3 Å². The maximum Gasteiger partial charge on any atom is 0.173 e. The van der Waals surface area contributed by atoms with Crippen LogP contribution in [-0.4, -0.2) is 25.0 Å². The molecule has 28 heavy (non-hydrogen) atoms. The predicted molar refractivity (Wildman–Crippen MR) is 102 cm³/mol. The minimum atomic E-state index is -1.21. The molecule has 0 aliphatic heterocycles. The molecule has 0 saturated heterocycles. The molecule has 0 heterocycles. The Morgan fingerprint density at radius 3 is 2.57 bits per heavy atom. The average molecular weight is 381 g/mol. The summed E-state index contributed by atoms with van der Waals surface area (Å²) in [6.07, 6.45) is 5.25. The molecule has 4 rings (SSSR count). The first-order valence-electron chi connectivity index (χ1n) is 10.1. The van der Waals surface area contributed by atoms with Gasteiger partial charge in [0.05, 0.1) is 24.5 Å². The van der Waals surface area contributed by atoms with E-state index in [9.17, 15) is 19.6 Å². The second kappa shape index (κ2) is 5.89. The van der Waals surface area contributed by atoms with Gasteiger partial charge in [0, 0.05) is 29.2 Å². The average Bonchev–Trinajstić information content (AvgIpc) is 3.01. The first kappa shape index (κ1) is 19.1. The zero-order chi connectivity index (χ0) is 20.5. The van der Waals surface area contributed by atoms with Gasteiger partial charge in [0.2, 0.25) is 0 Å². The molecule has 0 aromatic carbocycles. The molecule has 148 valence electrons. The highest BCUT2D eigenvalue weighted by Crippen LogP contribution is 2.65. The molecule has 4 aliphatic carbocycles. The Kier molecular flexibility index (Phi) is 4.02. The number of aldehydes is 1. The fourth-order valence-electron chi connectivity index (χ4n) is 6.77. The molecule has 0 bridgehead atoms. The third-order valence-electron chi connectivity index (χ3n) is 8.38. The molecular formula is C23H27NO4. The maximum absolute atomic E-state index is 13.4. The number of Topliss-reactive ketones (excluding diaryl/α,β-unsaturated/α-hetero) is 1. The summed E-state index contributed by atoms with van der Waals surface area (Å²) >= 11 is 0. The van der Waals surface area contributed by atoms with E-state index in [0.717, 1.165) is 24.7 Å². The van der Waals surface area contributed by atoms with Gasteiger partial charge in [-0.2, -0.15) is 5.26 Å². The van der Waals surface area contributed by atoms with Crippen molar-refractivity contribution in [2.75, 3.05) is 7.11 Å². The molecule has 0 radical (unpaired) electrons. The van der Waals surface area contributed by atoms with Crippen LogP contribution in [0.3, 0.4) is 0 Å². The van der Waals surface area contributed by atoms with Gasteiger partial charge in [-0.25, -0.2) is 0 Å². The number of ether oxygens (including phenoxy) is 1. The molecule has 2 saturated carbocycles. The Labute approximate surface area is 165 Å². The highest BCUT2D eigenvalue weighted by Gasteiger charge is 2.66. The second-order valence-corrected chi connectivity index (χ2v) is 9.65. The van der Waals surface area contributed by atoms with Crippen molar-refractivity contribution in [2.24, 2.45) is 34.0 Å². The van der Waals surface area contributed by atoms with E-state index in [2.05, 4.69) is 13.0 Å². The van der Waals surface area contributed by atoms with Crippen molar-refractivity contribution < 1.29 is 19.1 Å². The van der Waals surface area contributed by atoms with Crippen molar-refractivity contribution in [3.05, 3.63) is 23.0 Å². The number of rotatable bonds is 2. The molecule has 5 atom stereocenters. The predicted octanol–water partition coefficient (Wildman–Crippen LogP) is 3.55. The normalized spacial score (nSPS) is 41.4. The summed E-state index contributed by atoms with van der Waals surface area (Å²) in [5.74, 6) is -0.562. The van der Waals surface area contributed by atoms with Gasteiger partial charge in [-0.3, -0.25) is 9.59 Å². The van der Waals surface area contributed by atoms with Gasteiger partial charge < -0.3 is 9.53 Å². The molecule has 0 aromatic rings.